The topological polar surface area (TPSA) is 38.7 Å². The van der Waals surface area contributed by atoms with Crippen LogP contribution in [0.5, 0.6) is 11.5 Å². The van der Waals surface area contributed by atoms with Gasteiger partial charge in [-0.1, -0.05) is 20.8 Å². The lowest BCUT2D eigenvalue weighted by Crippen LogP contribution is -2.15. The average molecular weight is 250 g/mol. The number of methoxy groups -OCH3 is 1. The van der Waals surface area contributed by atoms with Crippen LogP contribution in [0.15, 0.2) is 12.1 Å². The van der Waals surface area contributed by atoms with Crippen LogP contribution in [0.3, 0.4) is 0 Å². The summed E-state index contributed by atoms with van der Waals surface area (Å²) in [5.41, 5.74) is 1.91. The van der Waals surface area contributed by atoms with Crippen LogP contribution in [0.4, 0.5) is 0 Å². The van der Waals surface area contributed by atoms with Crippen molar-refractivity contribution in [1.29, 1.82) is 0 Å². The van der Waals surface area contributed by atoms with Crippen molar-refractivity contribution >= 4 is 0 Å². The van der Waals surface area contributed by atoms with Crippen molar-refractivity contribution < 1.29 is 14.6 Å². The van der Waals surface area contributed by atoms with E-state index in [1.807, 2.05) is 12.1 Å². The minimum atomic E-state index is -0.460. The van der Waals surface area contributed by atoms with Gasteiger partial charge >= 0.3 is 0 Å². The first-order chi connectivity index (χ1) is 8.43. The number of benzene rings is 1. The van der Waals surface area contributed by atoms with E-state index in [0.29, 0.717) is 6.61 Å². The fraction of sp³-hybridized carbons (Fsp3) is 0.600. The summed E-state index contributed by atoms with van der Waals surface area (Å²) < 4.78 is 11.2. The summed E-state index contributed by atoms with van der Waals surface area (Å²) >= 11 is 0. The molecule has 1 N–H and O–H groups in total. The smallest absolute Gasteiger partial charge is 0.129 e. The minimum Gasteiger partial charge on any atom is -0.497 e. The molecule has 0 spiro atoms. The Kier molecular flexibility index (Phi) is 3.53. The molecule has 0 aromatic heterocycles. The zero-order valence-corrected chi connectivity index (χ0v) is 11.6. The highest BCUT2D eigenvalue weighted by Crippen LogP contribution is 2.42. The van der Waals surface area contributed by atoms with E-state index in [0.717, 1.165) is 35.5 Å². The number of aliphatic hydroxyl groups excluding tert-OH is 1. The Bertz CT molecular complexity index is 432. The second kappa shape index (κ2) is 4.81. The summed E-state index contributed by atoms with van der Waals surface area (Å²) in [5, 5.41) is 10.2. The monoisotopic (exact) mass is 250 g/mol. The number of ether oxygens (including phenoxy) is 2. The SMILES string of the molecule is COc1cc2c(c(C(C)(C)C)c1)OCCC[C@@H]2O. The fourth-order valence-electron chi connectivity index (χ4n) is 2.31. The fourth-order valence-corrected chi connectivity index (χ4v) is 2.31. The van der Waals surface area contributed by atoms with Gasteiger partial charge in [0.25, 0.3) is 0 Å². The lowest BCUT2D eigenvalue weighted by atomic mass is 9.84. The van der Waals surface area contributed by atoms with E-state index >= 15 is 0 Å². The van der Waals surface area contributed by atoms with Crippen molar-refractivity contribution in [3.63, 3.8) is 0 Å². The zero-order chi connectivity index (χ0) is 13.3. The van der Waals surface area contributed by atoms with E-state index in [-0.39, 0.29) is 5.41 Å². The highest BCUT2D eigenvalue weighted by molar-refractivity contribution is 5.51. The van der Waals surface area contributed by atoms with Crippen molar-refractivity contribution in [2.75, 3.05) is 13.7 Å². The third kappa shape index (κ3) is 2.46. The Morgan fingerprint density at radius 3 is 2.67 bits per heavy atom. The maximum absolute atomic E-state index is 10.2. The van der Waals surface area contributed by atoms with E-state index in [1.165, 1.54) is 0 Å². The molecule has 2 rings (SSSR count). The summed E-state index contributed by atoms with van der Waals surface area (Å²) in [6.07, 6.45) is 1.16. The molecule has 0 fully saturated rings. The van der Waals surface area contributed by atoms with Crippen molar-refractivity contribution in [3.05, 3.63) is 23.3 Å². The van der Waals surface area contributed by atoms with Crippen LogP contribution in [-0.4, -0.2) is 18.8 Å². The Labute approximate surface area is 109 Å². The van der Waals surface area contributed by atoms with Gasteiger partial charge in [-0.25, -0.2) is 0 Å². The highest BCUT2D eigenvalue weighted by Gasteiger charge is 2.27. The van der Waals surface area contributed by atoms with Gasteiger partial charge in [0.05, 0.1) is 19.8 Å². The Morgan fingerprint density at radius 2 is 2.06 bits per heavy atom. The molecule has 3 nitrogen and oxygen atoms in total. The summed E-state index contributed by atoms with van der Waals surface area (Å²) in [6.45, 7) is 7.09. The van der Waals surface area contributed by atoms with Gasteiger partial charge in [-0.05, 0) is 30.4 Å². The third-order valence-electron chi connectivity index (χ3n) is 3.36. The van der Waals surface area contributed by atoms with Gasteiger partial charge in [0.2, 0.25) is 0 Å². The molecule has 1 aromatic rings. The highest BCUT2D eigenvalue weighted by atomic mass is 16.5. The van der Waals surface area contributed by atoms with Gasteiger partial charge in [-0.15, -0.1) is 0 Å². The molecule has 1 aliphatic heterocycles. The summed E-state index contributed by atoms with van der Waals surface area (Å²) in [5.74, 6) is 1.62. The number of fused-ring (bicyclic) bond motifs is 1. The summed E-state index contributed by atoms with van der Waals surface area (Å²) in [4.78, 5) is 0. The number of hydrogen-bond acceptors (Lipinski definition) is 3. The van der Waals surface area contributed by atoms with E-state index in [1.54, 1.807) is 7.11 Å². The zero-order valence-electron chi connectivity index (χ0n) is 11.6. The minimum absolute atomic E-state index is 0.0390. The van der Waals surface area contributed by atoms with Crippen molar-refractivity contribution in [2.45, 2.75) is 45.1 Å². The van der Waals surface area contributed by atoms with Gasteiger partial charge in [-0.3, -0.25) is 0 Å². The lowest BCUT2D eigenvalue weighted by Gasteiger charge is -2.25. The molecular weight excluding hydrogens is 228 g/mol. The summed E-state index contributed by atoms with van der Waals surface area (Å²) in [7, 11) is 1.65. The first kappa shape index (κ1) is 13.2. The van der Waals surface area contributed by atoms with Crippen LogP contribution in [0.25, 0.3) is 0 Å². The maximum Gasteiger partial charge on any atom is 0.129 e. The van der Waals surface area contributed by atoms with Crippen LogP contribution in [0.1, 0.15) is 50.8 Å². The second-order valence-electron chi connectivity index (χ2n) is 5.85. The molecule has 0 saturated carbocycles. The van der Waals surface area contributed by atoms with Gasteiger partial charge in [-0.2, -0.15) is 0 Å². The average Bonchev–Trinajstić information content (AvgIpc) is 2.49. The Balaban J connectivity index is 2.62. The molecule has 0 amide bonds. The molecule has 0 bridgehead atoms. The van der Waals surface area contributed by atoms with Gasteiger partial charge in [0.15, 0.2) is 0 Å². The maximum atomic E-state index is 10.2. The van der Waals surface area contributed by atoms with Gasteiger partial charge < -0.3 is 14.6 Å². The molecule has 0 saturated heterocycles. The molecule has 1 aromatic carbocycles. The number of hydrogen-bond donors (Lipinski definition) is 1. The first-order valence-corrected chi connectivity index (χ1v) is 6.46. The standard InChI is InChI=1S/C15H22O3/c1-15(2,3)12-9-10(17-4)8-11-13(16)6-5-7-18-14(11)12/h8-9,13,16H,5-7H2,1-4H3/t13-/m0/s1. The predicted molar refractivity (Wildman–Crippen MR) is 71.4 cm³/mol. The normalized spacial score (nSPS) is 19.7. The molecule has 3 heteroatoms. The van der Waals surface area contributed by atoms with Gasteiger partial charge in [0, 0.05) is 11.1 Å². The molecule has 18 heavy (non-hydrogen) atoms. The molecule has 0 unspecified atom stereocenters. The van der Waals surface area contributed by atoms with Crippen LogP contribution in [0, 0.1) is 0 Å². The van der Waals surface area contributed by atoms with Crippen molar-refractivity contribution in [1.82, 2.24) is 0 Å². The molecule has 1 aliphatic rings. The van der Waals surface area contributed by atoms with E-state index in [4.69, 9.17) is 9.47 Å². The number of rotatable bonds is 1. The largest absolute Gasteiger partial charge is 0.497 e. The van der Waals surface area contributed by atoms with Crippen molar-refractivity contribution in [3.8, 4) is 11.5 Å². The molecule has 0 radical (unpaired) electrons. The van der Waals surface area contributed by atoms with Crippen LogP contribution in [-0.2, 0) is 5.41 Å². The molecule has 1 atom stereocenters. The van der Waals surface area contributed by atoms with Crippen LogP contribution < -0.4 is 9.47 Å². The predicted octanol–water partition coefficient (Wildman–Crippen LogP) is 3.20. The molecule has 100 valence electrons. The van der Waals surface area contributed by atoms with Gasteiger partial charge in [0.1, 0.15) is 11.5 Å². The Hall–Kier alpha value is -1.22. The molecule has 0 aliphatic carbocycles. The van der Waals surface area contributed by atoms with Crippen LogP contribution in [0.2, 0.25) is 0 Å². The van der Waals surface area contributed by atoms with E-state index in [2.05, 4.69) is 20.8 Å². The van der Waals surface area contributed by atoms with Crippen LogP contribution >= 0.6 is 0 Å². The van der Waals surface area contributed by atoms with E-state index in [9.17, 15) is 5.11 Å². The second-order valence-corrected chi connectivity index (χ2v) is 5.85. The number of aliphatic hydroxyl groups is 1. The molecular formula is C15H22O3. The third-order valence-corrected chi connectivity index (χ3v) is 3.36. The lowest BCUT2D eigenvalue weighted by molar-refractivity contribution is 0.167. The quantitative estimate of drug-likeness (QED) is 0.832. The first-order valence-electron chi connectivity index (χ1n) is 6.46. The van der Waals surface area contributed by atoms with E-state index < -0.39 is 6.10 Å². The van der Waals surface area contributed by atoms with Crippen molar-refractivity contribution in [2.24, 2.45) is 0 Å². The summed E-state index contributed by atoms with van der Waals surface area (Å²) in [6, 6.07) is 3.90. The Morgan fingerprint density at radius 1 is 1.33 bits per heavy atom. The molecule has 1 heterocycles.